The van der Waals surface area contributed by atoms with Crippen molar-refractivity contribution >= 4 is 15.9 Å². The Bertz CT molecular complexity index is 366. The molecule has 3 nitrogen and oxygen atoms in total. The molecular formula is C11H16BrNO2. The number of phenols is 2. The van der Waals surface area contributed by atoms with E-state index in [9.17, 15) is 10.2 Å². The first kappa shape index (κ1) is 12.3. The Hall–Kier alpha value is -0.740. The molecule has 0 fully saturated rings. The average molecular weight is 274 g/mol. The van der Waals surface area contributed by atoms with E-state index >= 15 is 0 Å². The van der Waals surface area contributed by atoms with E-state index in [0.29, 0.717) is 11.0 Å². The van der Waals surface area contributed by atoms with Gasteiger partial charge < -0.3 is 15.9 Å². The molecule has 1 atom stereocenters. The maximum atomic E-state index is 9.85. The Kier molecular flexibility index (Phi) is 3.99. The third kappa shape index (κ3) is 2.44. The summed E-state index contributed by atoms with van der Waals surface area (Å²) in [6, 6.07) is 1.80. The number of nitrogens with two attached hydrogens (primary N) is 1. The van der Waals surface area contributed by atoms with Crippen LogP contribution in [0.4, 0.5) is 0 Å². The van der Waals surface area contributed by atoms with Gasteiger partial charge in [0.2, 0.25) is 0 Å². The molecule has 0 radical (unpaired) electrons. The van der Waals surface area contributed by atoms with Crippen molar-refractivity contribution in [2.45, 2.75) is 26.2 Å². The monoisotopic (exact) mass is 273 g/mol. The van der Waals surface area contributed by atoms with Crippen LogP contribution < -0.4 is 5.73 Å². The van der Waals surface area contributed by atoms with Crippen molar-refractivity contribution in [2.24, 2.45) is 5.73 Å². The lowest BCUT2D eigenvalue weighted by Crippen LogP contribution is -2.05. The molecule has 0 bridgehead atoms. The molecule has 0 saturated heterocycles. The number of halogens is 1. The fraction of sp³-hybridized carbons (Fsp3) is 0.455. The number of aromatic hydroxyl groups is 2. The van der Waals surface area contributed by atoms with E-state index in [0.717, 1.165) is 17.5 Å². The van der Waals surface area contributed by atoms with Crippen molar-refractivity contribution in [3.8, 4) is 11.5 Å². The SMILES string of the molecule is Cc1cc(C(C)CCN)c(O)c(Br)c1O. The number of benzene rings is 1. The zero-order chi connectivity index (χ0) is 11.6. The zero-order valence-corrected chi connectivity index (χ0v) is 10.5. The Balaban J connectivity index is 3.19. The van der Waals surface area contributed by atoms with Crippen LogP contribution in [0.3, 0.4) is 0 Å². The van der Waals surface area contributed by atoms with Crippen LogP contribution in [0.25, 0.3) is 0 Å². The Morgan fingerprint density at radius 2 is 2.00 bits per heavy atom. The molecule has 0 aliphatic heterocycles. The second-order valence-electron chi connectivity index (χ2n) is 3.77. The van der Waals surface area contributed by atoms with Crippen LogP contribution in [-0.2, 0) is 0 Å². The summed E-state index contributed by atoms with van der Waals surface area (Å²) in [5.41, 5.74) is 7.05. The van der Waals surface area contributed by atoms with E-state index in [1.807, 2.05) is 6.92 Å². The van der Waals surface area contributed by atoms with Crippen molar-refractivity contribution in [1.82, 2.24) is 0 Å². The molecule has 0 amide bonds. The smallest absolute Gasteiger partial charge is 0.137 e. The summed E-state index contributed by atoms with van der Waals surface area (Å²) in [5, 5.41) is 19.4. The summed E-state index contributed by atoms with van der Waals surface area (Å²) in [6.45, 7) is 4.39. The van der Waals surface area contributed by atoms with Crippen LogP contribution in [-0.4, -0.2) is 16.8 Å². The topological polar surface area (TPSA) is 66.5 Å². The number of hydrogen-bond acceptors (Lipinski definition) is 3. The molecule has 0 aromatic heterocycles. The minimum atomic E-state index is 0.0937. The standard InChI is InChI=1S/C11H16BrNO2/c1-6(3-4-13)8-5-7(2)10(14)9(12)11(8)15/h5-6,14-15H,3-4,13H2,1-2H3. The molecule has 0 spiro atoms. The van der Waals surface area contributed by atoms with Gasteiger partial charge in [-0.15, -0.1) is 0 Å². The lowest BCUT2D eigenvalue weighted by Gasteiger charge is -2.15. The van der Waals surface area contributed by atoms with Gasteiger partial charge in [-0.2, -0.15) is 0 Å². The molecule has 4 N–H and O–H groups in total. The van der Waals surface area contributed by atoms with Crippen molar-refractivity contribution in [3.63, 3.8) is 0 Å². The van der Waals surface area contributed by atoms with Gasteiger partial charge in [0.25, 0.3) is 0 Å². The van der Waals surface area contributed by atoms with E-state index in [4.69, 9.17) is 5.73 Å². The fourth-order valence-electron chi connectivity index (χ4n) is 1.56. The quantitative estimate of drug-likeness (QED) is 0.793. The van der Waals surface area contributed by atoms with Crippen molar-refractivity contribution in [2.75, 3.05) is 6.54 Å². The fourth-order valence-corrected chi connectivity index (χ4v) is 2.10. The van der Waals surface area contributed by atoms with Gasteiger partial charge in [0, 0.05) is 0 Å². The van der Waals surface area contributed by atoms with Gasteiger partial charge in [0.05, 0.1) is 0 Å². The first-order valence-corrected chi connectivity index (χ1v) is 5.69. The summed E-state index contributed by atoms with van der Waals surface area (Å²) in [4.78, 5) is 0. The van der Waals surface area contributed by atoms with Crippen LogP contribution in [0.2, 0.25) is 0 Å². The molecule has 1 aromatic carbocycles. The van der Waals surface area contributed by atoms with E-state index in [1.54, 1.807) is 13.0 Å². The Morgan fingerprint density at radius 1 is 1.40 bits per heavy atom. The van der Waals surface area contributed by atoms with Crippen LogP contribution >= 0.6 is 15.9 Å². The second kappa shape index (κ2) is 4.86. The highest BCUT2D eigenvalue weighted by molar-refractivity contribution is 9.10. The lowest BCUT2D eigenvalue weighted by molar-refractivity contribution is 0.433. The molecule has 1 aromatic rings. The third-order valence-electron chi connectivity index (χ3n) is 2.57. The third-order valence-corrected chi connectivity index (χ3v) is 3.32. The lowest BCUT2D eigenvalue weighted by atomic mass is 9.95. The van der Waals surface area contributed by atoms with Gasteiger partial charge in [0.15, 0.2) is 0 Å². The van der Waals surface area contributed by atoms with Crippen molar-refractivity contribution < 1.29 is 10.2 Å². The van der Waals surface area contributed by atoms with Crippen LogP contribution in [0.15, 0.2) is 10.5 Å². The van der Waals surface area contributed by atoms with Gasteiger partial charge in [-0.05, 0) is 58.9 Å². The minimum absolute atomic E-state index is 0.0937. The Morgan fingerprint density at radius 3 is 2.53 bits per heavy atom. The van der Waals surface area contributed by atoms with Crippen molar-refractivity contribution in [3.05, 3.63) is 21.7 Å². The molecule has 84 valence electrons. The van der Waals surface area contributed by atoms with E-state index < -0.39 is 0 Å². The maximum Gasteiger partial charge on any atom is 0.137 e. The summed E-state index contributed by atoms with van der Waals surface area (Å²) >= 11 is 3.17. The van der Waals surface area contributed by atoms with Gasteiger partial charge in [0.1, 0.15) is 16.0 Å². The number of rotatable bonds is 3. The summed E-state index contributed by atoms with van der Waals surface area (Å²) in [7, 11) is 0. The first-order valence-electron chi connectivity index (χ1n) is 4.90. The van der Waals surface area contributed by atoms with Crippen LogP contribution in [0.1, 0.15) is 30.4 Å². The minimum Gasteiger partial charge on any atom is -0.506 e. The highest BCUT2D eigenvalue weighted by Gasteiger charge is 2.16. The van der Waals surface area contributed by atoms with Gasteiger partial charge in [-0.3, -0.25) is 0 Å². The molecule has 1 rings (SSSR count). The van der Waals surface area contributed by atoms with Crippen molar-refractivity contribution in [1.29, 1.82) is 0 Å². The van der Waals surface area contributed by atoms with Crippen LogP contribution in [0, 0.1) is 6.92 Å². The highest BCUT2D eigenvalue weighted by atomic mass is 79.9. The summed E-state index contributed by atoms with van der Waals surface area (Å²) in [5.74, 6) is 0.390. The molecule has 0 heterocycles. The van der Waals surface area contributed by atoms with Gasteiger partial charge >= 0.3 is 0 Å². The maximum absolute atomic E-state index is 9.85. The van der Waals surface area contributed by atoms with E-state index in [2.05, 4.69) is 15.9 Å². The molecule has 0 aliphatic rings. The molecule has 15 heavy (non-hydrogen) atoms. The number of hydrogen-bond donors (Lipinski definition) is 3. The predicted molar refractivity (Wildman–Crippen MR) is 64.3 cm³/mol. The largest absolute Gasteiger partial charge is 0.506 e. The van der Waals surface area contributed by atoms with Gasteiger partial charge in [-0.1, -0.05) is 6.92 Å². The molecule has 1 unspecified atom stereocenters. The molecular weight excluding hydrogens is 258 g/mol. The van der Waals surface area contributed by atoms with E-state index in [-0.39, 0.29) is 17.4 Å². The summed E-state index contributed by atoms with van der Waals surface area (Å²) in [6.07, 6.45) is 0.810. The number of aryl methyl sites for hydroxylation is 1. The second-order valence-corrected chi connectivity index (χ2v) is 4.57. The number of phenolic OH excluding ortho intramolecular Hbond substituents is 2. The predicted octanol–water partition coefficient (Wildman–Crippen LogP) is 2.62. The summed E-state index contributed by atoms with van der Waals surface area (Å²) < 4.78 is 0.362. The zero-order valence-electron chi connectivity index (χ0n) is 8.92. The van der Waals surface area contributed by atoms with Gasteiger partial charge in [-0.25, -0.2) is 0 Å². The van der Waals surface area contributed by atoms with E-state index in [1.165, 1.54) is 0 Å². The molecule has 0 saturated carbocycles. The first-order chi connectivity index (χ1) is 6.99. The average Bonchev–Trinajstić information content (AvgIpc) is 2.20. The Labute approximate surface area is 98.1 Å². The molecule has 4 heteroatoms. The van der Waals surface area contributed by atoms with Crippen LogP contribution in [0.5, 0.6) is 11.5 Å². The normalized spacial score (nSPS) is 12.8. The molecule has 0 aliphatic carbocycles. The highest BCUT2D eigenvalue weighted by Crippen LogP contribution is 2.41.